The molecule has 0 spiro atoms. The largest absolute Gasteiger partial charge is 0.495 e. The molecule has 0 aliphatic rings. The van der Waals surface area contributed by atoms with Gasteiger partial charge in [-0.05, 0) is 13.0 Å². The zero-order valence-corrected chi connectivity index (χ0v) is 12.6. The first-order valence-electron chi connectivity index (χ1n) is 5.13. The molecule has 0 aromatic carbocycles. The highest BCUT2D eigenvalue weighted by atomic mass is 127. The van der Waals surface area contributed by atoms with E-state index >= 15 is 0 Å². The Morgan fingerprint density at radius 2 is 2.06 bits per heavy atom. The van der Waals surface area contributed by atoms with Crippen LogP contribution in [0.15, 0.2) is 18.3 Å². The van der Waals surface area contributed by atoms with Crippen molar-refractivity contribution < 1.29 is 10.9 Å². The standard InChI is InChI=1S/C9H14N2O2.C2H6.HI.H2/c1-7(5-10)13-9-4-3-8(12-2)6-11-9;1-2;;/h3-4,6-7H,5,10H2,1-2H3;1-2H3;2*1H/t7-;;;/m0.../s1. The summed E-state index contributed by atoms with van der Waals surface area (Å²) in [5.41, 5.74) is 5.40. The van der Waals surface area contributed by atoms with Crippen LogP contribution in [0.5, 0.6) is 11.6 Å². The molecular formula is C11H23IN2O2. The molecule has 1 atom stereocenters. The Balaban J connectivity index is -0.000000464. The second-order valence-electron chi connectivity index (χ2n) is 2.70. The van der Waals surface area contributed by atoms with E-state index in [1.54, 1.807) is 25.4 Å². The van der Waals surface area contributed by atoms with Crippen molar-refractivity contribution >= 4 is 24.0 Å². The van der Waals surface area contributed by atoms with Crippen molar-refractivity contribution in [2.45, 2.75) is 26.9 Å². The Bertz CT molecular complexity index is 260. The highest BCUT2D eigenvalue weighted by Crippen LogP contribution is 2.13. The third kappa shape index (κ3) is 6.84. The summed E-state index contributed by atoms with van der Waals surface area (Å²) in [5.74, 6) is 1.28. The summed E-state index contributed by atoms with van der Waals surface area (Å²) >= 11 is 0. The van der Waals surface area contributed by atoms with E-state index in [-0.39, 0.29) is 31.5 Å². The minimum absolute atomic E-state index is 0. The molecular weight excluding hydrogens is 319 g/mol. The maximum Gasteiger partial charge on any atom is 0.213 e. The molecule has 0 saturated heterocycles. The Hall–Kier alpha value is -0.560. The van der Waals surface area contributed by atoms with Crippen molar-refractivity contribution in [2.24, 2.45) is 5.73 Å². The average Bonchev–Trinajstić information content (AvgIpc) is 2.32. The fourth-order valence-corrected chi connectivity index (χ4v) is 0.811. The van der Waals surface area contributed by atoms with E-state index in [9.17, 15) is 0 Å². The molecule has 1 heterocycles. The molecule has 0 fully saturated rings. The third-order valence-electron chi connectivity index (χ3n) is 1.60. The van der Waals surface area contributed by atoms with E-state index < -0.39 is 0 Å². The summed E-state index contributed by atoms with van der Waals surface area (Å²) in [7, 11) is 1.60. The van der Waals surface area contributed by atoms with E-state index in [2.05, 4.69) is 4.98 Å². The van der Waals surface area contributed by atoms with Crippen LogP contribution in [0.1, 0.15) is 22.2 Å². The van der Waals surface area contributed by atoms with Gasteiger partial charge in [0.05, 0.1) is 13.3 Å². The van der Waals surface area contributed by atoms with E-state index in [0.717, 1.165) is 0 Å². The highest BCUT2D eigenvalue weighted by molar-refractivity contribution is 14.0. The maximum absolute atomic E-state index is 5.40. The van der Waals surface area contributed by atoms with Crippen LogP contribution >= 0.6 is 24.0 Å². The molecule has 0 aliphatic heterocycles. The lowest BCUT2D eigenvalue weighted by Crippen LogP contribution is -2.23. The van der Waals surface area contributed by atoms with E-state index in [1.807, 2.05) is 20.8 Å². The second-order valence-corrected chi connectivity index (χ2v) is 2.70. The third-order valence-corrected chi connectivity index (χ3v) is 1.60. The predicted octanol–water partition coefficient (Wildman–Crippen LogP) is 2.71. The van der Waals surface area contributed by atoms with Gasteiger partial charge in [-0.25, -0.2) is 4.98 Å². The van der Waals surface area contributed by atoms with Gasteiger partial charge in [-0.3, -0.25) is 0 Å². The summed E-state index contributed by atoms with van der Waals surface area (Å²) < 4.78 is 10.3. The molecule has 2 N–H and O–H groups in total. The van der Waals surface area contributed by atoms with Crippen molar-refractivity contribution in [3.8, 4) is 11.6 Å². The second kappa shape index (κ2) is 10.9. The molecule has 96 valence electrons. The van der Waals surface area contributed by atoms with E-state index in [1.165, 1.54) is 0 Å². The quantitative estimate of drug-likeness (QED) is 0.855. The lowest BCUT2D eigenvalue weighted by molar-refractivity contribution is 0.220. The van der Waals surface area contributed by atoms with Gasteiger partial charge in [0, 0.05) is 14.0 Å². The topological polar surface area (TPSA) is 57.4 Å². The molecule has 0 saturated carbocycles. The zero-order chi connectivity index (χ0) is 11.7. The first kappa shape index (κ1) is 17.8. The Kier molecular flexibility index (Phi) is 12.2. The number of nitrogens with two attached hydrogens (primary N) is 1. The van der Waals surface area contributed by atoms with E-state index in [0.29, 0.717) is 18.2 Å². The lowest BCUT2D eigenvalue weighted by Gasteiger charge is -2.11. The predicted molar refractivity (Wildman–Crippen MR) is 78.8 cm³/mol. The molecule has 5 heteroatoms. The Labute approximate surface area is 116 Å². The van der Waals surface area contributed by atoms with Crippen molar-refractivity contribution in [3.05, 3.63) is 18.3 Å². The summed E-state index contributed by atoms with van der Waals surface area (Å²) in [6, 6.07) is 3.55. The number of nitrogens with zero attached hydrogens (tertiary/aromatic N) is 1. The van der Waals surface area contributed by atoms with Crippen LogP contribution in [0.4, 0.5) is 0 Å². The van der Waals surface area contributed by atoms with Crippen LogP contribution in [0, 0.1) is 0 Å². The smallest absolute Gasteiger partial charge is 0.213 e. The molecule has 0 aliphatic carbocycles. The molecule has 0 unspecified atom stereocenters. The minimum Gasteiger partial charge on any atom is -0.495 e. The van der Waals surface area contributed by atoms with Crippen LogP contribution < -0.4 is 15.2 Å². The highest BCUT2D eigenvalue weighted by Gasteiger charge is 2.01. The van der Waals surface area contributed by atoms with Crippen LogP contribution in [0.2, 0.25) is 0 Å². The van der Waals surface area contributed by atoms with Gasteiger partial charge in [0.25, 0.3) is 0 Å². The molecule has 1 aromatic heterocycles. The van der Waals surface area contributed by atoms with Gasteiger partial charge in [0.15, 0.2) is 0 Å². The molecule has 1 rings (SSSR count). The van der Waals surface area contributed by atoms with Crippen molar-refractivity contribution in [2.75, 3.05) is 13.7 Å². The van der Waals surface area contributed by atoms with Gasteiger partial charge in [0.2, 0.25) is 5.88 Å². The van der Waals surface area contributed by atoms with Gasteiger partial charge in [-0.1, -0.05) is 13.8 Å². The molecule has 0 bridgehead atoms. The van der Waals surface area contributed by atoms with Crippen molar-refractivity contribution in [1.29, 1.82) is 0 Å². The number of pyridine rings is 1. The molecule has 16 heavy (non-hydrogen) atoms. The number of aromatic nitrogens is 1. The Morgan fingerprint density at radius 3 is 2.44 bits per heavy atom. The number of rotatable bonds is 4. The van der Waals surface area contributed by atoms with E-state index in [4.69, 9.17) is 15.2 Å². The van der Waals surface area contributed by atoms with Gasteiger partial charge in [0.1, 0.15) is 11.9 Å². The van der Waals surface area contributed by atoms with Crippen LogP contribution in [0.25, 0.3) is 0 Å². The molecule has 1 aromatic rings. The Morgan fingerprint density at radius 1 is 1.44 bits per heavy atom. The SMILES string of the molecule is CC.COc1ccc(O[C@@H](C)CN)nc1.I.[HH]. The minimum atomic E-state index is -0.0131. The summed E-state index contributed by atoms with van der Waals surface area (Å²) in [6.07, 6.45) is 1.60. The summed E-state index contributed by atoms with van der Waals surface area (Å²) in [6.45, 7) is 6.37. The van der Waals surface area contributed by atoms with Gasteiger partial charge in [-0.15, -0.1) is 24.0 Å². The normalized spacial score (nSPS) is 10.3. The van der Waals surface area contributed by atoms with Gasteiger partial charge < -0.3 is 15.2 Å². The monoisotopic (exact) mass is 342 g/mol. The van der Waals surface area contributed by atoms with Crippen LogP contribution in [-0.2, 0) is 0 Å². The van der Waals surface area contributed by atoms with Crippen LogP contribution in [0.3, 0.4) is 0 Å². The molecule has 0 radical (unpaired) electrons. The summed E-state index contributed by atoms with van der Waals surface area (Å²) in [5, 5.41) is 0. The number of halogens is 1. The first-order chi connectivity index (χ1) is 7.26. The summed E-state index contributed by atoms with van der Waals surface area (Å²) in [4.78, 5) is 4.03. The fraction of sp³-hybridized carbons (Fsp3) is 0.545. The zero-order valence-electron chi connectivity index (χ0n) is 10.3. The lowest BCUT2D eigenvalue weighted by atomic mass is 10.4. The maximum atomic E-state index is 5.40. The van der Waals surface area contributed by atoms with Gasteiger partial charge >= 0.3 is 0 Å². The molecule has 4 nitrogen and oxygen atoms in total. The van der Waals surface area contributed by atoms with Gasteiger partial charge in [-0.2, -0.15) is 0 Å². The number of methoxy groups -OCH3 is 1. The number of hydrogen-bond acceptors (Lipinski definition) is 4. The number of hydrogen-bond donors (Lipinski definition) is 1. The van der Waals surface area contributed by atoms with Crippen molar-refractivity contribution in [1.82, 2.24) is 4.98 Å². The fourth-order valence-electron chi connectivity index (χ4n) is 0.811. The van der Waals surface area contributed by atoms with Crippen LogP contribution in [-0.4, -0.2) is 24.7 Å². The van der Waals surface area contributed by atoms with Crippen molar-refractivity contribution in [3.63, 3.8) is 0 Å². The number of ether oxygens (including phenoxy) is 2. The molecule has 0 amide bonds. The first-order valence-corrected chi connectivity index (χ1v) is 5.13. The average molecular weight is 342 g/mol.